The van der Waals surface area contributed by atoms with E-state index in [9.17, 15) is 15.0 Å². The molecule has 29 heavy (non-hydrogen) atoms. The molecule has 1 amide bonds. The van der Waals surface area contributed by atoms with Gasteiger partial charge in [0.1, 0.15) is 5.82 Å². The number of likely N-dealkylation sites (tertiary alicyclic amines) is 1. The van der Waals surface area contributed by atoms with E-state index in [0.29, 0.717) is 11.4 Å². The summed E-state index contributed by atoms with van der Waals surface area (Å²) in [7, 11) is 1.43. The summed E-state index contributed by atoms with van der Waals surface area (Å²) < 4.78 is 5.11. The number of H-pyrrole nitrogens is 1. The van der Waals surface area contributed by atoms with Gasteiger partial charge in [-0.3, -0.25) is 4.79 Å². The largest absolute Gasteiger partial charge is 0.504 e. The lowest BCUT2D eigenvalue weighted by Crippen LogP contribution is -2.72. The summed E-state index contributed by atoms with van der Waals surface area (Å²) in [6, 6.07) is 9.17. The molecule has 0 aliphatic carbocycles. The third-order valence-corrected chi connectivity index (χ3v) is 5.93. The monoisotopic (exact) mass is 394 g/mol. The van der Waals surface area contributed by atoms with Gasteiger partial charge in [-0.25, -0.2) is 4.98 Å². The lowest BCUT2D eigenvalue weighted by molar-refractivity contribution is -0.142. The predicted molar refractivity (Wildman–Crippen MR) is 108 cm³/mol. The number of imidazole rings is 1. The van der Waals surface area contributed by atoms with Crippen molar-refractivity contribution in [2.45, 2.75) is 6.92 Å². The number of nitrogens with zero attached hydrogens (tertiary/aromatic N) is 3. The number of aromatic amines is 1. The molecule has 0 bridgehead atoms. The Hall–Kier alpha value is -3.42. The van der Waals surface area contributed by atoms with Crippen molar-refractivity contribution in [3.63, 3.8) is 0 Å². The Morgan fingerprint density at radius 2 is 1.93 bits per heavy atom. The molecule has 2 aliphatic heterocycles. The van der Waals surface area contributed by atoms with E-state index in [2.05, 4.69) is 27.0 Å². The summed E-state index contributed by atoms with van der Waals surface area (Å²) in [4.78, 5) is 23.5. The van der Waals surface area contributed by atoms with E-state index in [1.54, 1.807) is 13.0 Å². The zero-order chi connectivity index (χ0) is 20.3. The highest BCUT2D eigenvalue weighted by Gasteiger charge is 2.52. The number of carbonyl (C=O) groups is 1. The van der Waals surface area contributed by atoms with Crippen molar-refractivity contribution in [1.29, 1.82) is 0 Å². The standard InChI is InChI=1S/C21H22N4O4/c1-12(26)24-8-21(9-24)10-25(11-21)14-3-4-15-16(7-14)23-20(22-15)13-5-17(27)19(28)18(6-13)29-2/h3-7,27-28H,8-11H2,1-2H3,(H,22,23). The molecule has 150 valence electrons. The van der Waals surface area contributed by atoms with Gasteiger partial charge >= 0.3 is 0 Å². The minimum Gasteiger partial charge on any atom is -0.504 e. The van der Waals surface area contributed by atoms with Crippen LogP contribution >= 0.6 is 0 Å². The van der Waals surface area contributed by atoms with Gasteiger partial charge in [0.05, 0.1) is 18.1 Å². The lowest BCUT2D eigenvalue weighted by Gasteiger charge is -2.60. The normalized spacial score (nSPS) is 17.3. The molecule has 2 aliphatic rings. The van der Waals surface area contributed by atoms with Crippen molar-refractivity contribution in [3.05, 3.63) is 30.3 Å². The number of carbonyl (C=O) groups excluding carboxylic acids is 1. The van der Waals surface area contributed by atoms with Gasteiger partial charge in [0.15, 0.2) is 11.5 Å². The van der Waals surface area contributed by atoms with Crippen molar-refractivity contribution in [2.75, 3.05) is 38.2 Å². The molecule has 0 saturated carbocycles. The maximum atomic E-state index is 11.4. The smallest absolute Gasteiger partial charge is 0.219 e. The van der Waals surface area contributed by atoms with E-state index in [0.717, 1.165) is 42.9 Å². The number of fused-ring (bicyclic) bond motifs is 1. The summed E-state index contributed by atoms with van der Waals surface area (Å²) in [5.74, 6) is 0.374. The fraction of sp³-hybridized carbons (Fsp3) is 0.333. The summed E-state index contributed by atoms with van der Waals surface area (Å²) in [6.07, 6.45) is 0. The molecule has 2 fully saturated rings. The number of hydrogen-bond donors (Lipinski definition) is 3. The zero-order valence-corrected chi connectivity index (χ0v) is 16.3. The van der Waals surface area contributed by atoms with E-state index in [-0.39, 0.29) is 28.6 Å². The SMILES string of the molecule is COc1cc(-c2nc3ccc(N4CC5(CN(C(C)=O)C5)C4)cc3[nH]2)cc(O)c1O. The average Bonchev–Trinajstić information content (AvgIpc) is 3.04. The van der Waals surface area contributed by atoms with Crippen molar-refractivity contribution in [3.8, 4) is 28.6 Å². The van der Waals surface area contributed by atoms with E-state index in [4.69, 9.17) is 4.74 Å². The van der Waals surface area contributed by atoms with Gasteiger partial charge in [0.25, 0.3) is 0 Å². The second-order valence-electron chi connectivity index (χ2n) is 8.06. The van der Waals surface area contributed by atoms with Gasteiger partial charge in [-0.05, 0) is 30.3 Å². The van der Waals surface area contributed by atoms with Crippen molar-refractivity contribution < 1.29 is 19.7 Å². The number of nitrogens with one attached hydrogen (secondary N) is 1. The van der Waals surface area contributed by atoms with Crippen LogP contribution in [0.1, 0.15) is 6.92 Å². The van der Waals surface area contributed by atoms with E-state index in [1.165, 1.54) is 13.2 Å². The highest BCUT2D eigenvalue weighted by Crippen LogP contribution is 2.43. The number of amides is 1. The molecule has 0 unspecified atom stereocenters. The van der Waals surface area contributed by atoms with Gasteiger partial charge in [-0.15, -0.1) is 0 Å². The van der Waals surface area contributed by atoms with Crippen LogP contribution in [0.5, 0.6) is 17.2 Å². The number of phenols is 2. The van der Waals surface area contributed by atoms with E-state index in [1.807, 2.05) is 11.0 Å². The Labute approximate surface area is 167 Å². The molecule has 8 nitrogen and oxygen atoms in total. The maximum absolute atomic E-state index is 11.4. The second kappa shape index (κ2) is 6.04. The van der Waals surface area contributed by atoms with Gasteiger partial charge < -0.3 is 29.7 Å². The highest BCUT2D eigenvalue weighted by molar-refractivity contribution is 5.84. The Bertz CT molecular complexity index is 1130. The number of ether oxygens (including phenoxy) is 1. The Morgan fingerprint density at radius 3 is 2.62 bits per heavy atom. The number of benzene rings is 2. The molecule has 8 heteroatoms. The Kier molecular flexibility index (Phi) is 3.68. The van der Waals surface area contributed by atoms with Gasteiger partial charge in [0.2, 0.25) is 11.7 Å². The number of methoxy groups -OCH3 is 1. The van der Waals surface area contributed by atoms with Crippen LogP contribution in [0.4, 0.5) is 5.69 Å². The van der Waals surface area contributed by atoms with Crippen LogP contribution in [0.15, 0.2) is 30.3 Å². The van der Waals surface area contributed by atoms with Crippen LogP contribution in [-0.2, 0) is 4.79 Å². The molecule has 0 atom stereocenters. The zero-order valence-electron chi connectivity index (χ0n) is 16.3. The molecule has 2 aromatic carbocycles. The molecule has 3 heterocycles. The number of rotatable bonds is 3. The number of anilines is 1. The molecule has 0 radical (unpaired) electrons. The molecule has 2 saturated heterocycles. The van der Waals surface area contributed by atoms with Crippen LogP contribution in [0.3, 0.4) is 0 Å². The first-order chi connectivity index (χ1) is 13.9. The molecule has 5 rings (SSSR count). The summed E-state index contributed by atoms with van der Waals surface area (Å²) in [5, 5.41) is 19.8. The second-order valence-corrected chi connectivity index (χ2v) is 8.06. The van der Waals surface area contributed by atoms with Crippen molar-refractivity contribution in [2.24, 2.45) is 5.41 Å². The molecule has 1 spiro atoms. The topological polar surface area (TPSA) is 102 Å². The Morgan fingerprint density at radius 1 is 1.17 bits per heavy atom. The number of hydrogen-bond acceptors (Lipinski definition) is 6. The van der Waals surface area contributed by atoms with Crippen LogP contribution in [0, 0.1) is 5.41 Å². The quantitative estimate of drug-likeness (QED) is 0.590. The fourth-order valence-corrected chi connectivity index (χ4v) is 4.35. The third-order valence-electron chi connectivity index (χ3n) is 5.93. The molecular formula is C21H22N4O4. The van der Waals surface area contributed by atoms with Crippen LogP contribution < -0.4 is 9.64 Å². The Balaban J connectivity index is 1.38. The van der Waals surface area contributed by atoms with Crippen molar-refractivity contribution in [1.82, 2.24) is 14.9 Å². The minimum atomic E-state index is -0.291. The molecule has 1 aromatic heterocycles. The number of aromatic nitrogens is 2. The minimum absolute atomic E-state index is 0.150. The number of phenolic OH excluding ortho intramolecular Hbond substituents is 2. The molecule has 3 N–H and O–H groups in total. The van der Waals surface area contributed by atoms with Crippen LogP contribution in [0.2, 0.25) is 0 Å². The van der Waals surface area contributed by atoms with Gasteiger partial charge in [0, 0.05) is 49.8 Å². The number of aromatic hydroxyl groups is 2. The predicted octanol–water partition coefficient (Wildman–Crippen LogP) is 2.32. The van der Waals surface area contributed by atoms with Gasteiger partial charge in [-0.2, -0.15) is 0 Å². The molecular weight excluding hydrogens is 372 g/mol. The highest BCUT2D eigenvalue weighted by atomic mass is 16.5. The summed E-state index contributed by atoms with van der Waals surface area (Å²) >= 11 is 0. The lowest BCUT2D eigenvalue weighted by atomic mass is 9.72. The van der Waals surface area contributed by atoms with Gasteiger partial charge in [-0.1, -0.05) is 0 Å². The van der Waals surface area contributed by atoms with E-state index < -0.39 is 0 Å². The summed E-state index contributed by atoms with van der Waals surface area (Å²) in [5.41, 5.74) is 3.70. The average molecular weight is 394 g/mol. The summed E-state index contributed by atoms with van der Waals surface area (Å²) in [6.45, 7) is 5.22. The van der Waals surface area contributed by atoms with Crippen LogP contribution in [0.25, 0.3) is 22.4 Å². The first-order valence-electron chi connectivity index (χ1n) is 9.48. The van der Waals surface area contributed by atoms with Crippen LogP contribution in [-0.4, -0.2) is 64.3 Å². The first-order valence-corrected chi connectivity index (χ1v) is 9.48. The molecule has 3 aromatic rings. The van der Waals surface area contributed by atoms with Crippen molar-refractivity contribution >= 4 is 22.6 Å². The fourth-order valence-electron chi connectivity index (χ4n) is 4.35. The maximum Gasteiger partial charge on any atom is 0.219 e. The first kappa shape index (κ1) is 17.7. The van der Waals surface area contributed by atoms with E-state index >= 15 is 0 Å². The third kappa shape index (κ3) is 2.74.